The highest BCUT2D eigenvalue weighted by Crippen LogP contribution is 2.34. The van der Waals surface area contributed by atoms with Gasteiger partial charge in [0.2, 0.25) is 0 Å². The average Bonchev–Trinajstić information content (AvgIpc) is 2.80. The van der Waals surface area contributed by atoms with Crippen LogP contribution in [0, 0.1) is 22.7 Å². The molecule has 0 aliphatic heterocycles. The van der Waals surface area contributed by atoms with Gasteiger partial charge in [-0.15, -0.1) is 0 Å². The van der Waals surface area contributed by atoms with E-state index in [1.54, 1.807) is 12.1 Å². The van der Waals surface area contributed by atoms with E-state index >= 15 is 0 Å². The van der Waals surface area contributed by atoms with Gasteiger partial charge >= 0.3 is 6.18 Å². The fourth-order valence-corrected chi connectivity index (χ4v) is 1.86. The molecule has 0 aromatic carbocycles. The summed E-state index contributed by atoms with van der Waals surface area (Å²) < 4.78 is 40.0. The predicted octanol–water partition coefficient (Wildman–Crippen LogP) is 2.79. The minimum atomic E-state index is -4.66. The number of nitrogens with zero attached hydrogens (tertiary/aromatic N) is 5. The lowest BCUT2D eigenvalue weighted by molar-refractivity contribution is -0.137. The van der Waals surface area contributed by atoms with Crippen LogP contribution in [0.3, 0.4) is 0 Å². The molecule has 2 heterocycles. The SMILES string of the molecule is N#Cc1ncn(-c2ncc(Br)cc2C(F)(F)F)c1C#N. The van der Waals surface area contributed by atoms with E-state index in [1.807, 2.05) is 0 Å². The molecule has 20 heavy (non-hydrogen) atoms. The second-order valence-electron chi connectivity index (χ2n) is 3.56. The van der Waals surface area contributed by atoms with Gasteiger partial charge in [-0.25, -0.2) is 9.97 Å². The van der Waals surface area contributed by atoms with Crippen molar-refractivity contribution < 1.29 is 13.2 Å². The first-order valence-electron chi connectivity index (χ1n) is 4.99. The van der Waals surface area contributed by atoms with Crippen LogP contribution in [0.15, 0.2) is 23.1 Å². The second kappa shape index (κ2) is 4.94. The van der Waals surface area contributed by atoms with E-state index in [1.165, 1.54) is 0 Å². The molecule has 0 amide bonds. The van der Waals surface area contributed by atoms with Gasteiger partial charge in [0.1, 0.15) is 18.5 Å². The van der Waals surface area contributed by atoms with Crippen LogP contribution in [-0.2, 0) is 6.18 Å². The van der Waals surface area contributed by atoms with Crippen LogP contribution in [0.2, 0.25) is 0 Å². The molecule has 2 aromatic heterocycles. The summed E-state index contributed by atoms with van der Waals surface area (Å²) >= 11 is 2.91. The van der Waals surface area contributed by atoms with Gasteiger partial charge in [0.05, 0.1) is 5.56 Å². The molecule has 9 heteroatoms. The molecule has 0 aliphatic rings. The fraction of sp³-hybridized carbons (Fsp3) is 0.0909. The van der Waals surface area contributed by atoms with Gasteiger partial charge in [0, 0.05) is 10.7 Å². The maximum Gasteiger partial charge on any atom is 0.420 e. The number of halogens is 4. The number of alkyl halides is 3. The summed E-state index contributed by atoms with van der Waals surface area (Å²) in [6, 6.07) is 4.12. The van der Waals surface area contributed by atoms with Crippen LogP contribution in [0.5, 0.6) is 0 Å². The summed E-state index contributed by atoms with van der Waals surface area (Å²) in [6.45, 7) is 0. The van der Waals surface area contributed by atoms with Gasteiger partial charge in [0.25, 0.3) is 0 Å². The Hall–Kier alpha value is -2.39. The average molecular weight is 342 g/mol. The van der Waals surface area contributed by atoms with Gasteiger partial charge in [-0.3, -0.25) is 4.57 Å². The normalized spacial score (nSPS) is 10.9. The molecular weight excluding hydrogens is 339 g/mol. The minimum Gasteiger partial charge on any atom is -0.272 e. The third kappa shape index (κ3) is 2.36. The van der Waals surface area contributed by atoms with Crippen LogP contribution >= 0.6 is 15.9 Å². The highest BCUT2D eigenvalue weighted by atomic mass is 79.9. The molecule has 100 valence electrons. The zero-order valence-corrected chi connectivity index (χ0v) is 11.1. The predicted molar refractivity (Wildman–Crippen MR) is 63.5 cm³/mol. The number of rotatable bonds is 1. The monoisotopic (exact) mass is 341 g/mol. The van der Waals surface area contributed by atoms with Crippen LogP contribution in [0.4, 0.5) is 13.2 Å². The van der Waals surface area contributed by atoms with Crippen LogP contribution in [0.1, 0.15) is 17.0 Å². The summed E-state index contributed by atoms with van der Waals surface area (Å²) in [5, 5.41) is 17.7. The van der Waals surface area contributed by atoms with Crippen molar-refractivity contribution in [2.45, 2.75) is 6.18 Å². The minimum absolute atomic E-state index is 0.146. The molecule has 0 radical (unpaired) electrons. The second-order valence-corrected chi connectivity index (χ2v) is 4.47. The maximum atomic E-state index is 13.0. The highest BCUT2D eigenvalue weighted by molar-refractivity contribution is 9.10. The molecule has 0 unspecified atom stereocenters. The number of hydrogen-bond donors (Lipinski definition) is 0. The molecule has 2 rings (SSSR count). The summed E-state index contributed by atoms with van der Waals surface area (Å²) in [5.74, 6) is -0.508. The van der Waals surface area contributed by atoms with Crippen molar-refractivity contribution in [2.24, 2.45) is 0 Å². The first-order chi connectivity index (χ1) is 9.38. The van der Waals surface area contributed by atoms with E-state index in [4.69, 9.17) is 10.5 Å². The largest absolute Gasteiger partial charge is 0.420 e. The molecule has 0 atom stereocenters. The van der Waals surface area contributed by atoms with E-state index in [0.29, 0.717) is 0 Å². The summed E-state index contributed by atoms with van der Waals surface area (Å²) in [5.41, 5.74) is -1.59. The van der Waals surface area contributed by atoms with E-state index in [0.717, 1.165) is 23.2 Å². The molecule has 0 saturated heterocycles. The number of hydrogen-bond acceptors (Lipinski definition) is 4. The number of pyridine rings is 1. The zero-order chi connectivity index (χ0) is 14.9. The van der Waals surface area contributed by atoms with Crippen LogP contribution in [0.25, 0.3) is 5.82 Å². The summed E-state index contributed by atoms with van der Waals surface area (Å²) in [7, 11) is 0. The molecular formula is C11H3BrF3N5. The van der Waals surface area contributed by atoms with Crippen LogP contribution in [-0.4, -0.2) is 14.5 Å². The number of imidazole rings is 1. The molecule has 5 nitrogen and oxygen atoms in total. The van der Waals surface area contributed by atoms with Crippen molar-refractivity contribution >= 4 is 15.9 Å². The molecule has 0 bridgehead atoms. The Labute approximate surface area is 119 Å². The Balaban J connectivity index is 2.75. The van der Waals surface area contributed by atoms with Crippen molar-refractivity contribution in [3.05, 3.63) is 40.0 Å². The molecule has 0 N–H and O–H groups in total. The van der Waals surface area contributed by atoms with Gasteiger partial charge in [-0.05, 0) is 22.0 Å². The molecule has 0 aliphatic carbocycles. The first kappa shape index (κ1) is 14.0. The fourth-order valence-electron chi connectivity index (χ4n) is 1.53. The smallest absolute Gasteiger partial charge is 0.272 e. The molecule has 0 spiro atoms. The van der Waals surface area contributed by atoms with Crippen molar-refractivity contribution in [2.75, 3.05) is 0 Å². The molecule has 0 saturated carbocycles. The van der Waals surface area contributed by atoms with E-state index in [-0.39, 0.29) is 15.9 Å². The van der Waals surface area contributed by atoms with E-state index in [2.05, 4.69) is 25.9 Å². The molecule has 2 aromatic rings. The first-order valence-corrected chi connectivity index (χ1v) is 5.78. The van der Waals surface area contributed by atoms with Crippen molar-refractivity contribution in [3.8, 4) is 18.0 Å². The lowest BCUT2D eigenvalue weighted by atomic mass is 10.2. The van der Waals surface area contributed by atoms with Crippen molar-refractivity contribution in [3.63, 3.8) is 0 Å². The van der Waals surface area contributed by atoms with Crippen LogP contribution < -0.4 is 0 Å². The lowest BCUT2D eigenvalue weighted by Crippen LogP contribution is -2.13. The quantitative estimate of drug-likeness (QED) is 0.798. The molecule has 0 fully saturated rings. The Morgan fingerprint density at radius 1 is 1.20 bits per heavy atom. The number of nitriles is 2. The Kier molecular flexibility index (Phi) is 3.47. The standard InChI is InChI=1S/C11H3BrF3N5/c12-6-1-7(11(13,14)15)10(18-4-6)20-5-19-8(2-16)9(20)3-17/h1,4-5H. The topological polar surface area (TPSA) is 78.3 Å². The Morgan fingerprint density at radius 2 is 1.90 bits per heavy atom. The Bertz CT molecular complexity index is 751. The zero-order valence-electron chi connectivity index (χ0n) is 9.48. The maximum absolute atomic E-state index is 13.0. The van der Waals surface area contributed by atoms with Gasteiger partial charge in [-0.2, -0.15) is 23.7 Å². The summed E-state index contributed by atoms with van der Waals surface area (Å²) in [6.07, 6.45) is -2.53. The number of aromatic nitrogens is 3. The van der Waals surface area contributed by atoms with Crippen molar-refractivity contribution in [1.29, 1.82) is 10.5 Å². The van der Waals surface area contributed by atoms with Gasteiger partial charge in [0.15, 0.2) is 17.2 Å². The third-order valence-electron chi connectivity index (χ3n) is 2.35. The Morgan fingerprint density at radius 3 is 2.45 bits per heavy atom. The lowest BCUT2D eigenvalue weighted by Gasteiger charge is -2.13. The van der Waals surface area contributed by atoms with E-state index < -0.39 is 17.6 Å². The van der Waals surface area contributed by atoms with Gasteiger partial charge < -0.3 is 0 Å². The highest BCUT2D eigenvalue weighted by Gasteiger charge is 2.36. The third-order valence-corrected chi connectivity index (χ3v) is 2.78. The van der Waals surface area contributed by atoms with Gasteiger partial charge in [-0.1, -0.05) is 0 Å². The van der Waals surface area contributed by atoms with E-state index in [9.17, 15) is 13.2 Å². The summed E-state index contributed by atoms with van der Waals surface area (Å²) in [4.78, 5) is 7.25. The van der Waals surface area contributed by atoms with Crippen molar-refractivity contribution in [1.82, 2.24) is 14.5 Å².